The minimum absolute atomic E-state index is 0.00334. The van der Waals surface area contributed by atoms with Gasteiger partial charge in [0.1, 0.15) is 6.61 Å². The summed E-state index contributed by atoms with van der Waals surface area (Å²) in [6.45, 7) is 15.0. The summed E-state index contributed by atoms with van der Waals surface area (Å²) in [4.78, 5) is 12.5. The van der Waals surface area contributed by atoms with E-state index < -0.39 is 26.6 Å². The van der Waals surface area contributed by atoms with Crippen molar-refractivity contribution >= 4 is 26.0 Å². The van der Waals surface area contributed by atoms with E-state index in [0.717, 1.165) is 11.1 Å². The quantitative estimate of drug-likeness (QED) is 0.355. The Morgan fingerprint density at radius 2 is 1.83 bits per heavy atom. The highest BCUT2D eigenvalue weighted by atomic mass is 35.5. The van der Waals surface area contributed by atoms with Crippen LogP contribution in [0.2, 0.25) is 23.2 Å². The Labute approximate surface area is 186 Å². The Kier molecular flexibility index (Phi) is 8.30. The molecule has 30 heavy (non-hydrogen) atoms. The van der Waals surface area contributed by atoms with Crippen molar-refractivity contribution in [3.05, 3.63) is 83.4 Å². The van der Waals surface area contributed by atoms with Gasteiger partial charge in [-0.1, -0.05) is 80.9 Å². The van der Waals surface area contributed by atoms with E-state index in [4.69, 9.17) is 20.8 Å². The van der Waals surface area contributed by atoms with Gasteiger partial charge in [-0.05, 0) is 41.4 Å². The summed E-state index contributed by atoms with van der Waals surface area (Å²) in [6, 6.07) is 16.6. The number of nitrogens with one attached hydrogen (secondary N) is 1. The Morgan fingerprint density at radius 3 is 2.40 bits per heavy atom. The first-order valence-corrected chi connectivity index (χ1v) is 13.3. The Bertz CT molecular complexity index is 849. The van der Waals surface area contributed by atoms with E-state index in [9.17, 15) is 4.79 Å². The van der Waals surface area contributed by atoms with Crippen LogP contribution >= 0.6 is 11.6 Å². The van der Waals surface area contributed by atoms with Gasteiger partial charge < -0.3 is 14.5 Å². The van der Waals surface area contributed by atoms with Gasteiger partial charge in [-0.2, -0.15) is 0 Å². The number of hydrogen-bond acceptors (Lipinski definition) is 3. The third-order valence-electron chi connectivity index (χ3n) is 5.48. The number of rotatable bonds is 8. The molecule has 0 aliphatic rings. The molecule has 0 aliphatic heterocycles. The monoisotopic (exact) mass is 445 g/mol. The average Bonchev–Trinajstić information content (AvgIpc) is 2.69. The van der Waals surface area contributed by atoms with Crippen molar-refractivity contribution in [3.63, 3.8) is 0 Å². The lowest BCUT2D eigenvalue weighted by Gasteiger charge is -2.41. The summed E-state index contributed by atoms with van der Waals surface area (Å²) >= 11 is 6.24. The van der Waals surface area contributed by atoms with Gasteiger partial charge in [0.25, 0.3) is 0 Å². The molecule has 6 heteroatoms. The van der Waals surface area contributed by atoms with Gasteiger partial charge in [-0.3, -0.25) is 0 Å². The van der Waals surface area contributed by atoms with Gasteiger partial charge in [-0.25, -0.2) is 4.79 Å². The maximum Gasteiger partial charge on any atom is 0.408 e. The van der Waals surface area contributed by atoms with E-state index in [1.54, 1.807) is 6.08 Å². The van der Waals surface area contributed by atoms with Crippen LogP contribution in [0.25, 0.3) is 0 Å². The zero-order valence-electron chi connectivity index (χ0n) is 18.4. The number of halogens is 1. The van der Waals surface area contributed by atoms with Crippen LogP contribution in [0.3, 0.4) is 0 Å². The molecule has 4 nitrogen and oxygen atoms in total. The summed E-state index contributed by atoms with van der Waals surface area (Å²) in [5, 5.41) is 3.52. The van der Waals surface area contributed by atoms with Gasteiger partial charge in [0, 0.05) is 5.02 Å². The lowest BCUT2D eigenvalue weighted by atomic mass is 10.0. The minimum atomic E-state index is -2.15. The van der Waals surface area contributed by atoms with Crippen molar-refractivity contribution in [1.82, 2.24) is 5.32 Å². The van der Waals surface area contributed by atoms with Crippen molar-refractivity contribution in [3.8, 4) is 0 Å². The first-order valence-electron chi connectivity index (χ1n) is 10.1. The zero-order chi connectivity index (χ0) is 22.4. The van der Waals surface area contributed by atoms with Crippen LogP contribution in [0.1, 0.15) is 38.0 Å². The maximum atomic E-state index is 12.5. The van der Waals surface area contributed by atoms with Crippen LogP contribution in [-0.2, 0) is 15.8 Å². The fraction of sp³-hybridized carbons (Fsp3) is 0.375. The van der Waals surface area contributed by atoms with E-state index in [0.29, 0.717) is 5.02 Å². The fourth-order valence-electron chi connectivity index (χ4n) is 2.69. The first-order chi connectivity index (χ1) is 14.0. The van der Waals surface area contributed by atoms with Crippen molar-refractivity contribution in [2.75, 3.05) is 0 Å². The number of hydrogen-bond donors (Lipinski definition) is 1. The fourth-order valence-corrected chi connectivity index (χ4v) is 4.16. The largest absolute Gasteiger partial charge is 0.445 e. The van der Waals surface area contributed by atoms with E-state index in [-0.39, 0.29) is 11.6 Å². The molecule has 0 heterocycles. The van der Waals surface area contributed by atoms with Crippen molar-refractivity contribution in [1.29, 1.82) is 0 Å². The summed E-state index contributed by atoms with van der Waals surface area (Å²) in [5.41, 5.74) is 1.81. The van der Waals surface area contributed by atoms with Gasteiger partial charge in [0.05, 0.1) is 12.1 Å². The van der Waals surface area contributed by atoms with Crippen LogP contribution in [0, 0.1) is 0 Å². The van der Waals surface area contributed by atoms with Crippen molar-refractivity contribution < 1.29 is 14.0 Å². The molecule has 0 unspecified atom stereocenters. The number of carbonyl (C=O) groups excluding carboxylic acids is 1. The molecule has 0 radical (unpaired) electrons. The van der Waals surface area contributed by atoms with Crippen molar-refractivity contribution in [2.24, 2.45) is 0 Å². The van der Waals surface area contributed by atoms with Gasteiger partial charge in [0.15, 0.2) is 8.32 Å². The second kappa shape index (κ2) is 10.3. The third kappa shape index (κ3) is 6.72. The highest BCUT2D eigenvalue weighted by Gasteiger charge is 2.41. The highest BCUT2D eigenvalue weighted by Crippen LogP contribution is 2.41. The summed E-state index contributed by atoms with van der Waals surface area (Å²) < 4.78 is 12.1. The number of carbonyl (C=O) groups is 1. The van der Waals surface area contributed by atoms with Crippen LogP contribution in [0.4, 0.5) is 4.79 Å². The number of amides is 1. The summed E-state index contributed by atoms with van der Waals surface area (Å²) in [6.07, 6.45) is 0.739. The molecule has 0 fully saturated rings. The van der Waals surface area contributed by atoms with Crippen molar-refractivity contribution in [2.45, 2.75) is 57.7 Å². The molecule has 0 aliphatic carbocycles. The Balaban J connectivity index is 2.21. The molecule has 2 aromatic rings. The molecule has 2 atom stereocenters. The molecule has 0 spiro atoms. The topological polar surface area (TPSA) is 47.6 Å². The molecule has 0 saturated heterocycles. The normalized spacial score (nSPS) is 13.9. The third-order valence-corrected chi connectivity index (χ3v) is 10.2. The van der Waals surface area contributed by atoms with Gasteiger partial charge in [0.2, 0.25) is 0 Å². The van der Waals surface area contributed by atoms with E-state index in [1.807, 2.05) is 54.6 Å². The summed E-state index contributed by atoms with van der Waals surface area (Å²) in [7, 11) is -2.15. The molecular formula is C24H32ClNO3Si. The molecule has 0 aromatic heterocycles. The van der Waals surface area contributed by atoms with Crippen LogP contribution in [-0.4, -0.2) is 20.5 Å². The average molecular weight is 446 g/mol. The molecule has 0 bridgehead atoms. The molecule has 2 aromatic carbocycles. The van der Waals surface area contributed by atoms with E-state index in [1.165, 1.54) is 0 Å². The second-order valence-corrected chi connectivity index (χ2v) is 14.0. The van der Waals surface area contributed by atoms with Crippen LogP contribution in [0.5, 0.6) is 0 Å². The number of benzene rings is 2. The molecular weight excluding hydrogens is 414 g/mol. The lowest BCUT2D eigenvalue weighted by molar-refractivity contribution is 0.116. The predicted octanol–water partition coefficient (Wildman–Crippen LogP) is 6.88. The minimum Gasteiger partial charge on any atom is -0.445 e. The smallest absolute Gasteiger partial charge is 0.408 e. The maximum absolute atomic E-state index is 12.5. The predicted molar refractivity (Wildman–Crippen MR) is 126 cm³/mol. The molecule has 1 amide bonds. The first kappa shape index (κ1) is 24.2. The van der Waals surface area contributed by atoms with E-state index in [2.05, 4.69) is 45.8 Å². The van der Waals surface area contributed by atoms with E-state index >= 15 is 0 Å². The van der Waals surface area contributed by atoms with Crippen LogP contribution in [0.15, 0.2) is 67.3 Å². The Morgan fingerprint density at radius 1 is 1.17 bits per heavy atom. The second-order valence-electron chi connectivity index (χ2n) is 8.82. The lowest BCUT2D eigenvalue weighted by Crippen LogP contribution is -2.47. The highest BCUT2D eigenvalue weighted by molar-refractivity contribution is 6.74. The van der Waals surface area contributed by atoms with Crippen LogP contribution < -0.4 is 5.32 Å². The molecule has 0 saturated carbocycles. The number of alkyl carbamates (subject to hydrolysis) is 1. The Hall–Kier alpha value is -2.08. The molecule has 2 rings (SSSR count). The number of ether oxygens (including phenoxy) is 1. The molecule has 1 N–H and O–H groups in total. The zero-order valence-corrected chi connectivity index (χ0v) is 20.2. The SMILES string of the molecule is C=C[C@@H](NC(=O)OCc1ccccc1)[C@H](O[Si](C)(C)C(C)(C)C)c1cccc(Cl)c1. The standard InChI is InChI=1S/C24H32ClNO3Si/c1-7-21(26-23(27)28-17-18-12-9-8-10-13-18)22(19-14-11-15-20(25)16-19)29-30(5,6)24(2,3)4/h7-16,21-22H,1,17H2,2-6H3,(H,26,27)/t21-,22-/m1/s1. The summed E-state index contributed by atoms with van der Waals surface area (Å²) in [5.74, 6) is 0. The molecule has 162 valence electrons. The van der Waals surface area contributed by atoms with Gasteiger partial charge >= 0.3 is 6.09 Å². The van der Waals surface area contributed by atoms with Gasteiger partial charge in [-0.15, -0.1) is 6.58 Å².